The molecule has 0 amide bonds. The fourth-order valence-electron chi connectivity index (χ4n) is 3.66. The molecule has 26 heavy (non-hydrogen) atoms. The van der Waals surface area contributed by atoms with Crippen LogP contribution < -0.4 is 15.9 Å². The zero-order valence-corrected chi connectivity index (χ0v) is 18.5. The molecule has 0 radical (unpaired) electrons. The minimum absolute atomic E-state index is 0.488. The van der Waals surface area contributed by atoms with Crippen LogP contribution in [-0.2, 0) is 6.16 Å². The van der Waals surface area contributed by atoms with Gasteiger partial charge < -0.3 is 0 Å². The number of hydrogen-bond acceptors (Lipinski definition) is 0. The first kappa shape index (κ1) is 18.0. The van der Waals surface area contributed by atoms with E-state index in [2.05, 4.69) is 122 Å². The summed E-state index contributed by atoms with van der Waals surface area (Å²) in [4.78, 5) is 4.74. The molecule has 0 unspecified atom stereocenters. The molecular formula is C23H20BrPSe. The second kappa shape index (κ2) is 7.29. The first-order valence-electron chi connectivity index (χ1n) is 8.62. The molecule has 0 aliphatic rings. The molecule has 4 rings (SSSR count). The van der Waals surface area contributed by atoms with Crippen molar-refractivity contribution in [1.82, 2.24) is 0 Å². The molecule has 3 aromatic carbocycles. The van der Waals surface area contributed by atoms with Crippen molar-refractivity contribution in [2.24, 2.45) is 0 Å². The Labute approximate surface area is 169 Å². The topological polar surface area (TPSA) is 0 Å². The first-order valence-corrected chi connectivity index (χ1v) is 15.0. The van der Waals surface area contributed by atoms with E-state index in [1.165, 1.54) is 21.5 Å². The van der Waals surface area contributed by atoms with Crippen molar-refractivity contribution < 1.29 is 0 Å². The van der Waals surface area contributed by atoms with Gasteiger partial charge in [0.15, 0.2) is 0 Å². The molecule has 130 valence electrons. The van der Waals surface area contributed by atoms with E-state index in [1.807, 2.05) is 0 Å². The summed E-state index contributed by atoms with van der Waals surface area (Å²) in [5.41, 5.74) is 1.44. The van der Waals surface area contributed by atoms with E-state index in [0.29, 0.717) is 14.5 Å². The zero-order valence-electron chi connectivity index (χ0n) is 14.3. The average Bonchev–Trinajstić information content (AvgIpc) is 3.23. The average molecular weight is 486 g/mol. The summed E-state index contributed by atoms with van der Waals surface area (Å²) in [5.74, 6) is 0. The van der Waals surface area contributed by atoms with Crippen molar-refractivity contribution >= 4 is 51.2 Å². The van der Waals surface area contributed by atoms with Crippen LogP contribution in [0.1, 0.15) is 5.56 Å². The molecule has 0 spiro atoms. The van der Waals surface area contributed by atoms with Crippen molar-refractivity contribution in [2.75, 3.05) is 0 Å². The van der Waals surface area contributed by atoms with Crippen molar-refractivity contribution in [1.29, 1.82) is 0 Å². The van der Waals surface area contributed by atoms with Crippen molar-refractivity contribution in [2.45, 2.75) is 6.16 Å². The molecule has 0 aliphatic heterocycles. The Morgan fingerprint density at radius 1 is 0.615 bits per heavy atom. The van der Waals surface area contributed by atoms with Gasteiger partial charge >= 0.3 is 170 Å². The van der Waals surface area contributed by atoms with Gasteiger partial charge in [0.25, 0.3) is 0 Å². The molecule has 0 N–H and O–H groups in total. The van der Waals surface area contributed by atoms with Crippen LogP contribution in [0.2, 0.25) is 0 Å². The molecule has 0 nitrogen and oxygen atoms in total. The summed E-state index contributed by atoms with van der Waals surface area (Å²) in [6.07, 6.45) is 1.00. The quantitative estimate of drug-likeness (QED) is 0.273. The predicted molar refractivity (Wildman–Crippen MR) is 121 cm³/mol. The van der Waals surface area contributed by atoms with Crippen LogP contribution in [0.4, 0.5) is 0 Å². The van der Waals surface area contributed by atoms with Gasteiger partial charge in [0.05, 0.1) is 0 Å². The normalized spacial score (nSPS) is 13.0. The third kappa shape index (κ3) is 2.96. The summed E-state index contributed by atoms with van der Waals surface area (Å²) in [6, 6.07) is 35.3. The molecule has 0 bridgehead atoms. The Bertz CT molecular complexity index is 867. The molecule has 1 aromatic heterocycles. The van der Waals surface area contributed by atoms with Crippen molar-refractivity contribution in [3.8, 4) is 0 Å². The SMILES string of the molecule is BrP(Cc1cc[se]c1)(c1ccccc1)(c1ccccc1)c1ccccc1. The molecule has 0 atom stereocenters. The summed E-state index contributed by atoms with van der Waals surface area (Å²) in [7, 11) is 0. The fraction of sp³-hybridized carbons (Fsp3) is 0.0435. The van der Waals surface area contributed by atoms with E-state index in [0.717, 1.165) is 6.16 Å². The third-order valence-corrected chi connectivity index (χ3v) is 16.0. The van der Waals surface area contributed by atoms with E-state index in [-0.39, 0.29) is 0 Å². The summed E-state index contributed by atoms with van der Waals surface area (Å²) in [6.45, 7) is 0. The van der Waals surface area contributed by atoms with Crippen LogP contribution in [-0.4, -0.2) is 14.5 Å². The van der Waals surface area contributed by atoms with Crippen LogP contribution >= 0.6 is 20.8 Å². The van der Waals surface area contributed by atoms with E-state index >= 15 is 0 Å². The van der Waals surface area contributed by atoms with Gasteiger partial charge in [0, 0.05) is 0 Å². The van der Waals surface area contributed by atoms with Gasteiger partial charge in [-0.25, -0.2) is 0 Å². The number of hydrogen-bond donors (Lipinski definition) is 0. The van der Waals surface area contributed by atoms with Crippen LogP contribution in [0.3, 0.4) is 0 Å². The van der Waals surface area contributed by atoms with Gasteiger partial charge in [-0.1, -0.05) is 0 Å². The molecule has 0 saturated heterocycles. The van der Waals surface area contributed by atoms with E-state index in [9.17, 15) is 0 Å². The van der Waals surface area contributed by atoms with Crippen molar-refractivity contribution in [3.05, 3.63) is 113 Å². The maximum atomic E-state index is 4.49. The van der Waals surface area contributed by atoms with Crippen LogP contribution in [0, 0.1) is 0 Å². The Morgan fingerprint density at radius 3 is 1.38 bits per heavy atom. The summed E-state index contributed by atoms with van der Waals surface area (Å²) in [5, 5.41) is 1.34. The molecule has 3 heteroatoms. The Hall–Kier alpha value is -1.43. The van der Waals surface area contributed by atoms with E-state index < -0.39 is 5.31 Å². The number of benzene rings is 3. The molecule has 4 aromatic rings. The third-order valence-electron chi connectivity index (χ3n) is 4.94. The predicted octanol–water partition coefficient (Wildman–Crippen LogP) is 5.08. The van der Waals surface area contributed by atoms with Gasteiger partial charge in [-0.3, -0.25) is 0 Å². The maximum absolute atomic E-state index is 4.49. The molecule has 0 aliphatic carbocycles. The molecular weight excluding hydrogens is 466 g/mol. The van der Waals surface area contributed by atoms with Crippen molar-refractivity contribution in [3.63, 3.8) is 0 Å². The van der Waals surface area contributed by atoms with Gasteiger partial charge in [-0.05, 0) is 0 Å². The van der Waals surface area contributed by atoms with Gasteiger partial charge in [0.1, 0.15) is 0 Å². The minimum atomic E-state index is -2.80. The standard InChI is InChI=1S/C23H20BrPSe/c24-25(18-20-16-17-26-19-20,21-10-4-1-5-11-21,22-12-6-2-7-13-22)23-14-8-3-9-15-23/h1-17,19H,18H2. The molecule has 0 fully saturated rings. The molecule has 1 heterocycles. The van der Waals surface area contributed by atoms with E-state index in [4.69, 9.17) is 0 Å². The fourth-order valence-corrected chi connectivity index (χ4v) is 13.0. The zero-order chi connectivity index (χ0) is 17.9. The summed E-state index contributed by atoms with van der Waals surface area (Å²) < 4.78 is 0. The second-order valence-corrected chi connectivity index (χ2v) is 17.0. The number of rotatable bonds is 5. The Morgan fingerprint density at radius 2 is 1.04 bits per heavy atom. The first-order chi connectivity index (χ1) is 12.7. The van der Waals surface area contributed by atoms with Crippen LogP contribution in [0.15, 0.2) is 107 Å². The monoisotopic (exact) mass is 486 g/mol. The summed E-state index contributed by atoms with van der Waals surface area (Å²) >= 11 is 4.98. The van der Waals surface area contributed by atoms with Crippen LogP contribution in [0.5, 0.6) is 0 Å². The van der Waals surface area contributed by atoms with Gasteiger partial charge in [0.2, 0.25) is 0 Å². The van der Waals surface area contributed by atoms with Crippen LogP contribution in [0.25, 0.3) is 0 Å². The Kier molecular flexibility index (Phi) is 5.04. The number of halogens is 1. The van der Waals surface area contributed by atoms with Gasteiger partial charge in [-0.15, -0.1) is 0 Å². The Balaban J connectivity index is 2.10. The second-order valence-electron chi connectivity index (χ2n) is 6.48. The molecule has 0 saturated carbocycles. The van der Waals surface area contributed by atoms with E-state index in [1.54, 1.807) is 0 Å². The van der Waals surface area contributed by atoms with Gasteiger partial charge in [-0.2, -0.15) is 0 Å².